The second kappa shape index (κ2) is 2.67. The molecule has 0 aromatic carbocycles. The third-order valence-electron chi connectivity index (χ3n) is 1.43. The fraction of sp³-hybridized carbons (Fsp3) is 0.429. The zero-order valence-corrected chi connectivity index (χ0v) is 5.08. The van der Waals surface area contributed by atoms with Crippen molar-refractivity contribution < 1.29 is 9.90 Å². The topological polar surface area (TPSA) is 37.3 Å². The van der Waals surface area contributed by atoms with E-state index >= 15 is 0 Å². The normalized spacial score (nSPS) is 26.0. The van der Waals surface area contributed by atoms with Crippen LogP contribution in [0.3, 0.4) is 0 Å². The van der Waals surface area contributed by atoms with Crippen LogP contribution in [0.2, 0.25) is 0 Å². The summed E-state index contributed by atoms with van der Waals surface area (Å²) in [7, 11) is 0. The number of hydrogen-bond acceptors (Lipinski definition) is 1. The first-order chi connectivity index (χ1) is 4.30. The van der Waals surface area contributed by atoms with E-state index < -0.39 is 5.97 Å². The van der Waals surface area contributed by atoms with Gasteiger partial charge in [0.2, 0.25) is 0 Å². The molecule has 1 N–H and O–H groups in total. The van der Waals surface area contributed by atoms with Crippen LogP contribution >= 0.6 is 0 Å². The number of rotatable bonds is 1. The van der Waals surface area contributed by atoms with Crippen LogP contribution in [0.25, 0.3) is 0 Å². The highest BCUT2D eigenvalue weighted by Crippen LogP contribution is 2.16. The Kier molecular flexibility index (Phi) is 1.88. The van der Waals surface area contributed by atoms with Crippen LogP contribution in [0.4, 0.5) is 0 Å². The quantitative estimate of drug-likeness (QED) is 0.535. The van der Waals surface area contributed by atoms with Gasteiger partial charge in [0.15, 0.2) is 0 Å². The van der Waals surface area contributed by atoms with E-state index in [9.17, 15) is 4.79 Å². The van der Waals surface area contributed by atoms with Crippen molar-refractivity contribution in [3.05, 3.63) is 18.6 Å². The van der Waals surface area contributed by atoms with E-state index in [0.717, 1.165) is 6.42 Å². The van der Waals surface area contributed by atoms with E-state index in [1.807, 2.05) is 18.6 Å². The molecule has 1 aliphatic rings. The average Bonchev–Trinajstić information content (AvgIpc) is 1.90. The Hall–Kier alpha value is -0.790. The highest BCUT2D eigenvalue weighted by Gasteiger charge is 2.16. The van der Waals surface area contributed by atoms with Crippen LogP contribution in [0.1, 0.15) is 12.8 Å². The molecule has 0 saturated heterocycles. The molecule has 2 heteroatoms. The predicted octanol–water partition coefficient (Wildman–Crippen LogP) is 1.24. The molecule has 0 bridgehead atoms. The molecule has 0 aliphatic heterocycles. The zero-order chi connectivity index (χ0) is 6.69. The molecule has 0 saturated carbocycles. The highest BCUT2D eigenvalue weighted by atomic mass is 16.4. The van der Waals surface area contributed by atoms with E-state index in [4.69, 9.17) is 5.11 Å². The first-order valence-electron chi connectivity index (χ1n) is 3.02. The van der Waals surface area contributed by atoms with Crippen molar-refractivity contribution in [2.45, 2.75) is 12.8 Å². The largest absolute Gasteiger partial charge is 0.481 e. The standard InChI is InChI=1S/C7H9O2/c8-7(9)6-4-2-1-3-5-6/h1-2,5-6H,3-4H2,(H,8,9). The first-order valence-corrected chi connectivity index (χ1v) is 3.02. The Balaban J connectivity index is 2.44. The SMILES string of the molecule is O=C(O)C1[CH]CC=CC1. The molecule has 1 radical (unpaired) electrons. The smallest absolute Gasteiger partial charge is 0.307 e. The maximum Gasteiger partial charge on any atom is 0.307 e. The Labute approximate surface area is 54.2 Å². The van der Waals surface area contributed by atoms with Crippen molar-refractivity contribution in [3.8, 4) is 0 Å². The molecule has 9 heavy (non-hydrogen) atoms. The molecule has 0 spiro atoms. The first kappa shape index (κ1) is 6.33. The molecule has 1 atom stereocenters. The van der Waals surface area contributed by atoms with Gasteiger partial charge in [-0.15, -0.1) is 0 Å². The molecule has 1 aliphatic carbocycles. The van der Waals surface area contributed by atoms with Crippen molar-refractivity contribution >= 4 is 5.97 Å². The van der Waals surface area contributed by atoms with Gasteiger partial charge in [-0.3, -0.25) is 4.79 Å². The summed E-state index contributed by atoms with van der Waals surface area (Å²) >= 11 is 0. The Morgan fingerprint density at radius 2 is 2.33 bits per heavy atom. The molecule has 0 fully saturated rings. The summed E-state index contributed by atoms with van der Waals surface area (Å²) in [6.07, 6.45) is 7.19. The molecule has 0 aromatic rings. The number of carbonyl (C=O) groups is 1. The number of carboxylic acids is 1. The molecule has 0 amide bonds. The number of carboxylic acid groups (broad SMARTS) is 1. The third-order valence-corrected chi connectivity index (χ3v) is 1.43. The van der Waals surface area contributed by atoms with Crippen molar-refractivity contribution in [2.24, 2.45) is 5.92 Å². The summed E-state index contributed by atoms with van der Waals surface area (Å²) in [4.78, 5) is 10.3. The average molecular weight is 125 g/mol. The Morgan fingerprint density at radius 1 is 1.56 bits per heavy atom. The second-order valence-electron chi connectivity index (χ2n) is 2.12. The summed E-state index contributed by atoms with van der Waals surface area (Å²) in [5, 5.41) is 8.47. The molecule has 0 aromatic heterocycles. The van der Waals surface area contributed by atoms with Gasteiger partial charge in [0.25, 0.3) is 0 Å². The van der Waals surface area contributed by atoms with Crippen LogP contribution in [0.5, 0.6) is 0 Å². The van der Waals surface area contributed by atoms with Crippen LogP contribution in [-0.2, 0) is 4.79 Å². The number of allylic oxidation sites excluding steroid dienone is 2. The summed E-state index contributed by atoms with van der Waals surface area (Å²) in [6, 6.07) is 0. The van der Waals surface area contributed by atoms with E-state index in [-0.39, 0.29) is 5.92 Å². The predicted molar refractivity (Wildman–Crippen MR) is 33.8 cm³/mol. The molecular formula is C7H9O2. The molecule has 1 unspecified atom stereocenters. The van der Waals surface area contributed by atoms with E-state index in [0.29, 0.717) is 6.42 Å². The fourth-order valence-electron chi connectivity index (χ4n) is 0.880. The molecular weight excluding hydrogens is 116 g/mol. The van der Waals surface area contributed by atoms with Gasteiger partial charge in [0.1, 0.15) is 0 Å². The lowest BCUT2D eigenvalue weighted by Gasteiger charge is -2.10. The lowest BCUT2D eigenvalue weighted by atomic mass is 9.95. The second-order valence-corrected chi connectivity index (χ2v) is 2.12. The lowest BCUT2D eigenvalue weighted by molar-refractivity contribution is -0.140. The van der Waals surface area contributed by atoms with Gasteiger partial charge in [0, 0.05) is 0 Å². The summed E-state index contributed by atoms with van der Waals surface area (Å²) in [5.74, 6) is -0.950. The minimum atomic E-state index is -0.709. The van der Waals surface area contributed by atoms with Crippen molar-refractivity contribution in [3.63, 3.8) is 0 Å². The summed E-state index contributed by atoms with van der Waals surface area (Å²) in [5.41, 5.74) is 0. The number of hydrogen-bond donors (Lipinski definition) is 1. The van der Waals surface area contributed by atoms with Gasteiger partial charge in [-0.05, 0) is 19.3 Å². The highest BCUT2D eigenvalue weighted by molar-refractivity contribution is 5.72. The van der Waals surface area contributed by atoms with Crippen molar-refractivity contribution in [1.29, 1.82) is 0 Å². The Morgan fingerprint density at radius 3 is 2.67 bits per heavy atom. The van der Waals surface area contributed by atoms with E-state index in [1.54, 1.807) is 0 Å². The van der Waals surface area contributed by atoms with Crippen molar-refractivity contribution in [1.82, 2.24) is 0 Å². The fourth-order valence-corrected chi connectivity index (χ4v) is 0.880. The van der Waals surface area contributed by atoms with Crippen LogP contribution in [0, 0.1) is 12.3 Å². The lowest BCUT2D eigenvalue weighted by Crippen LogP contribution is -2.14. The maximum absolute atomic E-state index is 10.3. The van der Waals surface area contributed by atoms with Gasteiger partial charge < -0.3 is 5.11 Å². The monoisotopic (exact) mass is 125 g/mol. The van der Waals surface area contributed by atoms with E-state index in [2.05, 4.69) is 0 Å². The minimum absolute atomic E-state index is 0.241. The van der Waals surface area contributed by atoms with Gasteiger partial charge in [0.05, 0.1) is 5.92 Å². The van der Waals surface area contributed by atoms with Gasteiger partial charge in [-0.1, -0.05) is 12.2 Å². The summed E-state index contributed by atoms with van der Waals surface area (Å²) < 4.78 is 0. The molecule has 1 rings (SSSR count). The third kappa shape index (κ3) is 1.56. The van der Waals surface area contributed by atoms with Gasteiger partial charge in [-0.25, -0.2) is 0 Å². The molecule has 2 nitrogen and oxygen atoms in total. The molecule has 0 heterocycles. The minimum Gasteiger partial charge on any atom is -0.481 e. The van der Waals surface area contributed by atoms with Crippen LogP contribution in [-0.4, -0.2) is 11.1 Å². The van der Waals surface area contributed by atoms with Crippen LogP contribution < -0.4 is 0 Å². The van der Waals surface area contributed by atoms with Crippen molar-refractivity contribution in [2.75, 3.05) is 0 Å². The van der Waals surface area contributed by atoms with Gasteiger partial charge >= 0.3 is 5.97 Å². The van der Waals surface area contributed by atoms with E-state index in [1.165, 1.54) is 0 Å². The van der Waals surface area contributed by atoms with Gasteiger partial charge in [-0.2, -0.15) is 0 Å². The Bertz CT molecular complexity index is 138. The molecule has 49 valence electrons. The number of aliphatic carboxylic acids is 1. The van der Waals surface area contributed by atoms with Crippen LogP contribution in [0.15, 0.2) is 12.2 Å². The maximum atomic E-state index is 10.3. The summed E-state index contributed by atoms with van der Waals surface area (Å²) in [6.45, 7) is 0. The zero-order valence-electron chi connectivity index (χ0n) is 5.08.